The standard InChI is InChI=1S/C12H17F2NO.ClH/c1-8(2)6-11(15)9-4-3-5-10(7-9)16-12(13)14;/h3-5,7-8,11-12H,6,15H2,1-2H3;1H/t11-;/m0./s1. The van der Waals surface area contributed by atoms with Crippen molar-refractivity contribution in [3.8, 4) is 5.75 Å². The van der Waals surface area contributed by atoms with Crippen LogP contribution >= 0.6 is 12.4 Å². The highest BCUT2D eigenvalue weighted by Crippen LogP contribution is 2.23. The smallest absolute Gasteiger partial charge is 0.387 e. The highest BCUT2D eigenvalue weighted by Gasteiger charge is 2.10. The summed E-state index contributed by atoms with van der Waals surface area (Å²) in [5, 5.41) is 0. The minimum absolute atomic E-state index is 0. The van der Waals surface area contributed by atoms with Gasteiger partial charge in [0.1, 0.15) is 5.75 Å². The SMILES string of the molecule is CC(C)C[C@H](N)c1cccc(OC(F)F)c1.Cl. The second-order valence-corrected chi connectivity index (χ2v) is 4.19. The summed E-state index contributed by atoms with van der Waals surface area (Å²) < 4.78 is 28.3. The first kappa shape index (κ1) is 16.1. The number of rotatable bonds is 5. The monoisotopic (exact) mass is 265 g/mol. The summed E-state index contributed by atoms with van der Waals surface area (Å²) in [5.41, 5.74) is 6.78. The zero-order valence-electron chi connectivity index (χ0n) is 9.90. The van der Waals surface area contributed by atoms with E-state index in [0.717, 1.165) is 12.0 Å². The Morgan fingerprint density at radius 3 is 2.47 bits per heavy atom. The lowest BCUT2D eigenvalue weighted by molar-refractivity contribution is -0.0499. The summed E-state index contributed by atoms with van der Waals surface area (Å²) >= 11 is 0. The lowest BCUT2D eigenvalue weighted by atomic mass is 9.98. The van der Waals surface area contributed by atoms with Gasteiger partial charge >= 0.3 is 6.61 Å². The molecule has 0 spiro atoms. The van der Waals surface area contributed by atoms with Gasteiger partial charge in [0.25, 0.3) is 0 Å². The molecular weight excluding hydrogens is 248 g/mol. The quantitative estimate of drug-likeness (QED) is 0.880. The maximum Gasteiger partial charge on any atom is 0.387 e. The first-order chi connectivity index (χ1) is 7.49. The van der Waals surface area contributed by atoms with Gasteiger partial charge in [-0.15, -0.1) is 12.4 Å². The second-order valence-electron chi connectivity index (χ2n) is 4.19. The first-order valence-electron chi connectivity index (χ1n) is 5.29. The zero-order chi connectivity index (χ0) is 12.1. The molecule has 1 atom stereocenters. The molecule has 0 heterocycles. The molecule has 0 aliphatic heterocycles. The van der Waals surface area contributed by atoms with E-state index < -0.39 is 6.61 Å². The number of hydrogen-bond acceptors (Lipinski definition) is 2. The summed E-state index contributed by atoms with van der Waals surface area (Å²) in [6.07, 6.45) is 0.818. The fourth-order valence-corrected chi connectivity index (χ4v) is 1.57. The molecule has 0 amide bonds. The molecule has 2 nitrogen and oxygen atoms in total. The lowest BCUT2D eigenvalue weighted by Crippen LogP contribution is -2.13. The fourth-order valence-electron chi connectivity index (χ4n) is 1.57. The Bertz CT molecular complexity index is 334. The van der Waals surface area contributed by atoms with Crippen LogP contribution in [0.3, 0.4) is 0 Å². The van der Waals surface area contributed by atoms with Gasteiger partial charge < -0.3 is 10.5 Å². The van der Waals surface area contributed by atoms with Crippen LogP contribution in [0.15, 0.2) is 24.3 Å². The Labute approximate surface area is 107 Å². The Balaban J connectivity index is 0.00000256. The van der Waals surface area contributed by atoms with Gasteiger partial charge in [0.2, 0.25) is 0 Å². The number of benzene rings is 1. The van der Waals surface area contributed by atoms with Crippen LogP contribution in [0, 0.1) is 5.92 Å². The largest absolute Gasteiger partial charge is 0.435 e. The molecule has 1 rings (SSSR count). The van der Waals surface area contributed by atoms with Crippen molar-refractivity contribution in [1.82, 2.24) is 0 Å². The van der Waals surface area contributed by atoms with Crippen molar-refractivity contribution in [2.75, 3.05) is 0 Å². The minimum atomic E-state index is -2.79. The summed E-state index contributed by atoms with van der Waals surface area (Å²) in [6.45, 7) is 1.34. The molecule has 0 saturated heterocycles. The van der Waals surface area contributed by atoms with Crippen LogP contribution in [-0.2, 0) is 0 Å². The molecule has 5 heteroatoms. The topological polar surface area (TPSA) is 35.2 Å². The molecule has 98 valence electrons. The van der Waals surface area contributed by atoms with Crippen LogP contribution < -0.4 is 10.5 Å². The van der Waals surface area contributed by atoms with E-state index in [2.05, 4.69) is 18.6 Å². The van der Waals surface area contributed by atoms with Crippen LogP contribution in [0.2, 0.25) is 0 Å². The number of hydrogen-bond donors (Lipinski definition) is 1. The van der Waals surface area contributed by atoms with Crippen LogP contribution in [0.5, 0.6) is 5.75 Å². The molecule has 2 N–H and O–H groups in total. The van der Waals surface area contributed by atoms with Crippen LogP contribution in [0.4, 0.5) is 8.78 Å². The predicted octanol–water partition coefficient (Wildman–Crippen LogP) is 3.76. The summed E-state index contributed by atoms with van der Waals surface area (Å²) in [7, 11) is 0. The molecular formula is C12H18ClF2NO. The van der Waals surface area contributed by atoms with Crippen molar-refractivity contribution in [2.24, 2.45) is 11.7 Å². The van der Waals surface area contributed by atoms with E-state index in [-0.39, 0.29) is 24.2 Å². The Kier molecular flexibility index (Phi) is 7.07. The van der Waals surface area contributed by atoms with Crippen molar-refractivity contribution >= 4 is 12.4 Å². The van der Waals surface area contributed by atoms with Gasteiger partial charge in [0.05, 0.1) is 0 Å². The van der Waals surface area contributed by atoms with Gasteiger partial charge in [-0.05, 0) is 30.0 Å². The average Bonchev–Trinajstić information content (AvgIpc) is 2.16. The van der Waals surface area contributed by atoms with Gasteiger partial charge in [-0.3, -0.25) is 0 Å². The van der Waals surface area contributed by atoms with E-state index in [4.69, 9.17) is 5.73 Å². The van der Waals surface area contributed by atoms with Gasteiger partial charge in [-0.2, -0.15) is 8.78 Å². The molecule has 0 radical (unpaired) electrons. The molecule has 0 aliphatic rings. The highest BCUT2D eigenvalue weighted by atomic mass is 35.5. The van der Waals surface area contributed by atoms with Crippen LogP contribution in [0.1, 0.15) is 31.9 Å². The molecule has 1 aromatic rings. The summed E-state index contributed by atoms with van der Waals surface area (Å²) in [4.78, 5) is 0. The number of alkyl halides is 2. The Morgan fingerprint density at radius 1 is 1.29 bits per heavy atom. The summed E-state index contributed by atoms with van der Waals surface area (Å²) in [6, 6.07) is 6.43. The third-order valence-corrected chi connectivity index (χ3v) is 2.24. The molecule has 0 bridgehead atoms. The van der Waals surface area contributed by atoms with Gasteiger partial charge in [-0.1, -0.05) is 26.0 Å². The predicted molar refractivity (Wildman–Crippen MR) is 66.7 cm³/mol. The maximum atomic E-state index is 12.0. The minimum Gasteiger partial charge on any atom is -0.435 e. The molecule has 1 aromatic carbocycles. The van der Waals surface area contributed by atoms with E-state index in [1.165, 1.54) is 6.07 Å². The molecule has 0 aliphatic carbocycles. The zero-order valence-corrected chi connectivity index (χ0v) is 10.7. The van der Waals surface area contributed by atoms with Crippen LogP contribution in [-0.4, -0.2) is 6.61 Å². The van der Waals surface area contributed by atoms with Crippen molar-refractivity contribution in [3.05, 3.63) is 29.8 Å². The van der Waals surface area contributed by atoms with E-state index in [1.807, 2.05) is 6.07 Å². The van der Waals surface area contributed by atoms with E-state index in [9.17, 15) is 8.78 Å². The number of ether oxygens (including phenoxy) is 1. The maximum absolute atomic E-state index is 12.0. The number of nitrogens with two attached hydrogens (primary N) is 1. The molecule has 0 aromatic heterocycles. The fraction of sp³-hybridized carbons (Fsp3) is 0.500. The third kappa shape index (κ3) is 5.84. The van der Waals surface area contributed by atoms with E-state index >= 15 is 0 Å². The van der Waals surface area contributed by atoms with E-state index in [1.54, 1.807) is 12.1 Å². The van der Waals surface area contributed by atoms with Crippen molar-refractivity contribution in [1.29, 1.82) is 0 Å². The van der Waals surface area contributed by atoms with Gasteiger partial charge in [0, 0.05) is 6.04 Å². The Morgan fingerprint density at radius 2 is 1.94 bits per heavy atom. The van der Waals surface area contributed by atoms with Crippen molar-refractivity contribution < 1.29 is 13.5 Å². The van der Waals surface area contributed by atoms with Gasteiger partial charge in [0.15, 0.2) is 0 Å². The highest BCUT2D eigenvalue weighted by molar-refractivity contribution is 5.85. The van der Waals surface area contributed by atoms with Crippen molar-refractivity contribution in [2.45, 2.75) is 32.9 Å². The van der Waals surface area contributed by atoms with Crippen LogP contribution in [0.25, 0.3) is 0 Å². The van der Waals surface area contributed by atoms with Crippen molar-refractivity contribution in [3.63, 3.8) is 0 Å². The third-order valence-electron chi connectivity index (χ3n) is 2.24. The second kappa shape index (κ2) is 7.45. The normalized spacial score (nSPS) is 12.4. The molecule has 0 saturated carbocycles. The molecule has 17 heavy (non-hydrogen) atoms. The van der Waals surface area contributed by atoms with Gasteiger partial charge in [-0.25, -0.2) is 0 Å². The first-order valence-corrected chi connectivity index (χ1v) is 5.29. The average molecular weight is 266 g/mol. The lowest BCUT2D eigenvalue weighted by Gasteiger charge is -2.15. The van der Waals surface area contributed by atoms with E-state index in [0.29, 0.717) is 5.92 Å². The number of halogens is 3. The Hall–Kier alpha value is -0.870. The summed E-state index contributed by atoms with van der Waals surface area (Å²) in [5.74, 6) is 0.626. The molecule has 0 unspecified atom stereocenters. The molecule has 0 fully saturated rings.